The van der Waals surface area contributed by atoms with E-state index in [4.69, 9.17) is 0 Å². The lowest BCUT2D eigenvalue weighted by Gasteiger charge is -2.09. The Morgan fingerprint density at radius 1 is 1.32 bits per heavy atom. The topological polar surface area (TPSA) is 94.8 Å². The SMILES string of the molecule is Cn1cnnc1SCc1ccnc(NC(=O)c2cccc(OC(F)(F)F)n2)c1. The van der Waals surface area contributed by atoms with Crippen molar-refractivity contribution in [3.8, 4) is 5.88 Å². The molecule has 0 aliphatic rings. The second kappa shape index (κ2) is 8.25. The first kappa shape index (κ1) is 19.6. The Balaban J connectivity index is 1.66. The van der Waals surface area contributed by atoms with Crippen molar-refractivity contribution in [2.75, 3.05) is 5.32 Å². The van der Waals surface area contributed by atoms with Gasteiger partial charge < -0.3 is 14.6 Å². The number of aromatic nitrogens is 5. The Bertz CT molecular complexity index is 979. The third-order valence-corrected chi connectivity index (χ3v) is 4.39. The number of carbonyl (C=O) groups excluding carboxylic acids is 1. The predicted octanol–water partition coefficient (Wildman–Crippen LogP) is 3.05. The number of pyridine rings is 2. The van der Waals surface area contributed by atoms with Crippen molar-refractivity contribution in [1.82, 2.24) is 24.7 Å². The monoisotopic (exact) mass is 410 g/mol. The summed E-state index contributed by atoms with van der Waals surface area (Å²) in [4.78, 5) is 19.8. The van der Waals surface area contributed by atoms with Crippen molar-refractivity contribution >= 4 is 23.5 Å². The smallest absolute Gasteiger partial charge is 0.388 e. The summed E-state index contributed by atoms with van der Waals surface area (Å²) in [5, 5.41) is 11.0. The van der Waals surface area contributed by atoms with Gasteiger partial charge in [0.15, 0.2) is 5.16 Å². The normalized spacial score (nSPS) is 11.3. The van der Waals surface area contributed by atoms with Crippen LogP contribution >= 0.6 is 11.8 Å². The summed E-state index contributed by atoms with van der Waals surface area (Å²) >= 11 is 1.45. The van der Waals surface area contributed by atoms with Crippen LogP contribution in [-0.2, 0) is 12.8 Å². The van der Waals surface area contributed by atoms with Gasteiger partial charge in [-0.3, -0.25) is 4.79 Å². The van der Waals surface area contributed by atoms with Crippen LogP contribution in [0.25, 0.3) is 0 Å². The van der Waals surface area contributed by atoms with Crippen molar-refractivity contribution in [3.05, 3.63) is 54.1 Å². The standard InChI is InChI=1S/C16H13F3N6O2S/c1-25-9-21-24-15(25)28-8-10-5-6-20-12(7-10)23-14(26)11-3-2-4-13(22-11)27-16(17,18)19/h2-7,9H,8H2,1H3,(H,20,23,26). The van der Waals surface area contributed by atoms with Gasteiger partial charge in [0.2, 0.25) is 5.88 Å². The fourth-order valence-corrected chi connectivity index (χ4v) is 2.91. The molecule has 8 nitrogen and oxygen atoms in total. The molecule has 146 valence electrons. The average Bonchev–Trinajstić information content (AvgIpc) is 3.04. The maximum atomic E-state index is 12.3. The van der Waals surface area contributed by atoms with E-state index in [-0.39, 0.29) is 11.5 Å². The number of nitrogens with one attached hydrogen (secondary N) is 1. The van der Waals surface area contributed by atoms with Gasteiger partial charge in [0.25, 0.3) is 5.91 Å². The van der Waals surface area contributed by atoms with Gasteiger partial charge >= 0.3 is 6.36 Å². The summed E-state index contributed by atoms with van der Waals surface area (Å²) in [5.41, 5.74) is 0.628. The fraction of sp³-hybridized carbons (Fsp3) is 0.188. The van der Waals surface area contributed by atoms with Gasteiger partial charge in [0.05, 0.1) is 0 Å². The van der Waals surface area contributed by atoms with E-state index in [1.807, 2.05) is 7.05 Å². The summed E-state index contributed by atoms with van der Waals surface area (Å²) < 4.78 is 42.3. The van der Waals surface area contributed by atoms with Gasteiger partial charge in [-0.2, -0.15) is 0 Å². The Morgan fingerprint density at radius 3 is 2.86 bits per heavy atom. The molecule has 0 saturated heterocycles. The van der Waals surface area contributed by atoms with Gasteiger partial charge in [-0.15, -0.1) is 23.4 Å². The number of hydrogen-bond donors (Lipinski definition) is 1. The molecular formula is C16H13F3N6O2S. The first-order chi connectivity index (χ1) is 13.3. The van der Waals surface area contributed by atoms with Gasteiger partial charge in [0.1, 0.15) is 17.8 Å². The molecule has 1 N–H and O–H groups in total. The number of halogens is 3. The predicted molar refractivity (Wildman–Crippen MR) is 93.7 cm³/mol. The Labute approximate surface area is 161 Å². The molecule has 0 aliphatic heterocycles. The molecule has 0 atom stereocenters. The molecule has 3 aromatic rings. The van der Waals surface area contributed by atoms with Gasteiger partial charge in [0, 0.05) is 25.1 Å². The highest BCUT2D eigenvalue weighted by Crippen LogP contribution is 2.22. The van der Waals surface area contributed by atoms with E-state index >= 15 is 0 Å². The molecule has 0 bridgehead atoms. The Hall–Kier alpha value is -3.15. The van der Waals surface area contributed by atoms with Crippen LogP contribution in [0.2, 0.25) is 0 Å². The number of ether oxygens (including phenoxy) is 1. The van der Waals surface area contributed by atoms with Crippen molar-refractivity contribution in [3.63, 3.8) is 0 Å². The minimum absolute atomic E-state index is 0.234. The van der Waals surface area contributed by atoms with Gasteiger partial charge in [-0.1, -0.05) is 17.8 Å². The number of carbonyl (C=O) groups is 1. The number of thioether (sulfide) groups is 1. The molecule has 3 heterocycles. The molecule has 0 aromatic carbocycles. The summed E-state index contributed by atoms with van der Waals surface area (Å²) in [7, 11) is 1.82. The first-order valence-corrected chi connectivity index (χ1v) is 8.74. The van der Waals surface area contributed by atoms with Crippen LogP contribution < -0.4 is 10.1 Å². The molecule has 0 spiro atoms. The van der Waals surface area contributed by atoms with Crippen molar-refractivity contribution in [2.45, 2.75) is 17.3 Å². The van der Waals surface area contributed by atoms with Gasteiger partial charge in [-0.25, -0.2) is 9.97 Å². The fourth-order valence-electron chi connectivity index (χ4n) is 2.08. The minimum Gasteiger partial charge on any atom is -0.388 e. The summed E-state index contributed by atoms with van der Waals surface area (Å²) in [5.74, 6) is -0.629. The molecule has 12 heteroatoms. The molecule has 1 amide bonds. The van der Waals surface area contributed by atoms with E-state index in [2.05, 4.69) is 30.2 Å². The van der Waals surface area contributed by atoms with E-state index in [1.54, 1.807) is 23.0 Å². The van der Waals surface area contributed by atoms with E-state index in [0.29, 0.717) is 5.75 Å². The quantitative estimate of drug-likeness (QED) is 0.624. The molecular weight excluding hydrogens is 397 g/mol. The summed E-state index contributed by atoms with van der Waals surface area (Å²) in [6, 6.07) is 6.94. The summed E-state index contributed by atoms with van der Waals surface area (Å²) in [6.07, 6.45) is -1.79. The molecule has 0 saturated carbocycles. The zero-order chi connectivity index (χ0) is 20.1. The zero-order valence-corrected chi connectivity index (χ0v) is 15.2. The van der Waals surface area contributed by atoms with E-state index < -0.39 is 18.1 Å². The highest BCUT2D eigenvalue weighted by Gasteiger charge is 2.32. The average molecular weight is 410 g/mol. The highest BCUT2D eigenvalue weighted by molar-refractivity contribution is 7.98. The van der Waals surface area contributed by atoms with Crippen LogP contribution in [0.1, 0.15) is 16.1 Å². The van der Waals surface area contributed by atoms with Crippen LogP contribution in [0.5, 0.6) is 5.88 Å². The zero-order valence-electron chi connectivity index (χ0n) is 14.3. The molecule has 3 aromatic heterocycles. The third-order valence-electron chi connectivity index (χ3n) is 3.28. The lowest BCUT2D eigenvalue weighted by atomic mass is 10.3. The number of aryl methyl sites for hydroxylation is 1. The molecule has 0 radical (unpaired) electrons. The maximum Gasteiger partial charge on any atom is 0.574 e. The van der Waals surface area contributed by atoms with Crippen LogP contribution in [0.15, 0.2) is 48.0 Å². The number of hydrogen-bond acceptors (Lipinski definition) is 7. The lowest BCUT2D eigenvalue weighted by Crippen LogP contribution is -2.20. The minimum atomic E-state index is -4.89. The van der Waals surface area contributed by atoms with E-state index in [1.165, 1.54) is 30.1 Å². The second-order valence-corrected chi connectivity index (χ2v) is 6.37. The third kappa shape index (κ3) is 5.42. The van der Waals surface area contributed by atoms with E-state index in [0.717, 1.165) is 16.8 Å². The van der Waals surface area contributed by atoms with Crippen LogP contribution in [0.4, 0.5) is 19.0 Å². The first-order valence-electron chi connectivity index (χ1n) is 7.76. The molecule has 0 aliphatic carbocycles. The second-order valence-electron chi connectivity index (χ2n) is 5.43. The highest BCUT2D eigenvalue weighted by atomic mass is 32.2. The molecule has 28 heavy (non-hydrogen) atoms. The summed E-state index contributed by atoms with van der Waals surface area (Å²) in [6.45, 7) is 0. The number of anilines is 1. The van der Waals surface area contributed by atoms with E-state index in [9.17, 15) is 18.0 Å². The lowest BCUT2D eigenvalue weighted by molar-refractivity contribution is -0.276. The van der Waals surface area contributed by atoms with Crippen molar-refractivity contribution < 1.29 is 22.7 Å². The van der Waals surface area contributed by atoms with Gasteiger partial charge in [-0.05, 0) is 23.8 Å². The van der Waals surface area contributed by atoms with Crippen LogP contribution in [0.3, 0.4) is 0 Å². The number of alkyl halides is 3. The van der Waals surface area contributed by atoms with Crippen molar-refractivity contribution in [2.24, 2.45) is 7.05 Å². The molecule has 0 unspecified atom stereocenters. The Kier molecular flexibility index (Phi) is 5.78. The van der Waals surface area contributed by atoms with Crippen molar-refractivity contribution in [1.29, 1.82) is 0 Å². The van der Waals surface area contributed by atoms with Crippen LogP contribution in [0, 0.1) is 0 Å². The number of rotatable bonds is 6. The maximum absolute atomic E-state index is 12.3. The molecule has 0 fully saturated rings. The number of nitrogens with zero attached hydrogens (tertiary/aromatic N) is 5. The largest absolute Gasteiger partial charge is 0.574 e. The molecule has 3 rings (SSSR count). The van der Waals surface area contributed by atoms with Crippen LogP contribution in [-0.4, -0.2) is 37.0 Å². The Morgan fingerprint density at radius 2 is 2.14 bits per heavy atom. The number of amides is 1.